The van der Waals surface area contributed by atoms with Gasteiger partial charge < -0.3 is 5.73 Å². The van der Waals surface area contributed by atoms with E-state index in [1.165, 1.54) is 0 Å². The van der Waals surface area contributed by atoms with Gasteiger partial charge in [0.05, 0.1) is 0 Å². The Bertz CT molecular complexity index is 247. The predicted octanol–water partition coefficient (Wildman–Crippen LogP) is 2.63. The second-order valence-electron chi connectivity index (χ2n) is 2.93. The van der Waals surface area contributed by atoms with Crippen LogP contribution in [0.5, 0.6) is 5.75 Å². The summed E-state index contributed by atoms with van der Waals surface area (Å²) in [5.41, 5.74) is 6.54. The highest BCUT2D eigenvalue weighted by Gasteiger charge is 2.09. The van der Waals surface area contributed by atoms with Crippen LogP contribution in [0.1, 0.15) is 31.4 Å². The molecule has 2 N–H and O–H groups in total. The molecule has 0 aliphatic carbocycles. The minimum Gasteiger partial charge on any atom is -0.324 e. The van der Waals surface area contributed by atoms with Crippen molar-refractivity contribution < 1.29 is 5.11 Å². The van der Waals surface area contributed by atoms with E-state index in [1.807, 2.05) is 12.1 Å². The van der Waals surface area contributed by atoms with Crippen LogP contribution in [-0.2, 0) is 5.11 Å². The number of hydrogen-bond donors (Lipinski definition) is 1. The number of hydrogen-bond acceptors (Lipinski definition) is 1. The summed E-state index contributed by atoms with van der Waals surface area (Å²) in [6, 6.07) is 6.87. The third-order valence-corrected chi connectivity index (χ3v) is 1.92. The third-order valence-electron chi connectivity index (χ3n) is 1.92. The highest BCUT2D eigenvalue weighted by molar-refractivity contribution is 5.33. The molecule has 1 aromatic rings. The lowest BCUT2D eigenvalue weighted by Gasteiger charge is -2.10. The predicted molar refractivity (Wildman–Crippen MR) is 48.4 cm³/mol. The lowest BCUT2D eigenvalue weighted by atomic mass is 10.0. The van der Waals surface area contributed by atoms with E-state index in [2.05, 4.69) is 6.92 Å². The quantitative estimate of drug-likeness (QED) is 0.733. The molecule has 1 aromatic carbocycles. The molecule has 0 spiro atoms. The van der Waals surface area contributed by atoms with Gasteiger partial charge in [0.1, 0.15) is 0 Å². The first-order chi connectivity index (χ1) is 5.75. The first-order valence-electron chi connectivity index (χ1n) is 4.27. The fraction of sp³-hybridized carbons (Fsp3) is 0.400. The van der Waals surface area contributed by atoms with Crippen molar-refractivity contribution in [2.45, 2.75) is 25.8 Å². The molecule has 0 aliphatic heterocycles. The third kappa shape index (κ3) is 1.98. The highest BCUT2D eigenvalue weighted by Crippen LogP contribution is 2.24. The normalized spacial score (nSPS) is 12.8. The summed E-state index contributed by atoms with van der Waals surface area (Å²) >= 11 is 0. The van der Waals surface area contributed by atoms with Crippen molar-refractivity contribution in [3.63, 3.8) is 0 Å². The second-order valence-corrected chi connectivity index (χ2v) is 2.93. The minimum absolute atomic E-state index is 0.0541. The summed E-state index contributed by atoms with van der Waals surface area (Å²) in [5, 5.41) is 11.3. The molecule has 1 radical (unpaired) electrons. The van der Waals surface area contributed by atoms with Gasteiger partial charge >= 0.3 is 0 Å². The fourth-order valence-electron chi connectivity index (χ4n) is 1.25. The van der Waals surface area contributed by atoms with Crippen molar-refractivity contribution in [2.24, 2.45) is 5.73 Å². The molecule has 1 unspecified atom stereocenters. The van der Waals surface area contributed by atoms with Crippen molar-refractivity contribution in [1.82, 2.24) is 0 Å². The van der Waals surface area contributed by atoms with Gasteiger partial charge in [0.15, 0.2) is 5.75 Å². The lowest BCUT2D eigenvalue weighted by molar-refractivity contribution is 0.345. The van der Waals surface area contributed by atoms with E-state index >= 15 is 0 Å². The Morgan fingerprint density at radius 2 is 2.08 bits per heavy atom. The maximum absolute atomic E-state index is 11.3. The molecule has 1 rings (SSSR count). The Balaban J connectivity index is 2.79. The van der Waals surface area contributed by atoms with Gasteiger partial charge in [-0.15, -0.1) is 0 Å². The van der Waals surface area contributed by atoms with Gasteiger partial charge in [0, 0.05) is 11.6 Å². The summed E-state index contributed by atoms with van der Waals surface area (Å²) in [5.74, 6) is 0.0541. The molecular formula is C10H14NO. The average molecular weight is 164 g/mol. The molecular weight excluding hydrogens is 150 g/mol. The van der Waals surface area contributed by atoms with Gasteiger partial charge in [0.2, 0.25) is 0 Å². The standard InChI is InChI=1S/C10H14NO/c1-2-5-9(11)8-6-3-4-7-10(8)12/h3-4,6-7,9H,2,5,11H2,1H3. The Morgan fingerprint density at radius 1 is 1.42 bits per heavy atom. The highest BCUT2D eigenvalue weighted by atomic mass is 16.3. The van der Waals surface area contributed by atoms with Crippen LogP contribution < -0.4 is 5.73 Å². The van der Waals surface area contributed by atoms with Crippen LogP contribution in [0.25, 0.3) is 0 Å². The monoisotopic (exact) mass is 164 g/mol. The smallest absolute Gasteiger partial charge is 0.183 e. The molecule has 0 aromatic heterocycles. The van der Waals surface area contributed by atoms with Gasteiger partial charge in [0.25, 0.3) is 0 Å². The van der Waals surface area contributed by atoms with Gasteiger partial charge in [-0.2, -0.15) is 0 Å². The molecule has 0 amide bonds. The zero-order chi connectivity index (χ0) is 8.97. The Morgan fingerprint density at radius 3 is 2.67 bits per heavy atom. The van der Waals surface area contributed by atoms with E-state index in [1.54, 1.807) is 12.1 Å². The molecule has 2 heteroatoms. The summed E-state index contributed by atoms with van der Waals surface area (Å²) in [4.78, 5) is 0. The van der Waals surface area contributed by atoms with Crippen molar-refractivity contribution in [1.29, 1.82) is 0 Å². The van der Waals surface area contributed by atoms with Crippen LogP contribution in [0.4, 0.5) is 0 Å². The Labute approximate surface area is 73.0 Å². The maximum atomic E-state index is 11.3. The van der Waals surface area contributed by atoms with E-state index in [0.29, 0.717) is 0 Å². The van der Waals surface area contributed by atoms with Crippen molar-refractivity contribution in [3.05, 3.63) is 29.8 Å². The van der Waals surface area contributed by atoms with E-state index in [9.17, 15) is 5.11 Å². The van der Waals surface area contributed by atoms with Crippen LogP contribution in [0, 0.1) is 0 Å². The van der Waals surface area contributed by atoms with Crippen LogP contribution in [0.2, 0.25) is 0 Å². The molecule has 0 saturated carbocycles. The summed E-state index contributed by atoms with van der Waals surface area (Å²) in [6.45, 7) is 2.06. The molecule has 0 bridgehead atoms. The van der Waals surface area contributed by atoms with E-state index in [4.69, 9.17) is 5.73 Å². The van der Waals surface area contributed by atoms with Crippen LogP contribution in [0.15, 0.2) is 24.3 Å². The van der Waals surface area contributed by atoms with E-state index in [0.717, 1.165) is 18.4 Å². The van der Waals surface area contributed by atoms with Crippen molar-refractivity contribution in [2.75, 3.05) is 0 Å². The van der Waals surface area contributed by atoms with Crippen LogP contribution in [-0.4, -0.2) is 0 Å². The van der Waals surface area contributed by atoms with Crippen molar-refractivity contribution in [3.8, 4) is 5.75 Å². The molecule has 0 saturated heterocycles. The van der Waals surface area contributed by atoms with E-state index < -0.39 is 0 Å². The molecule has 65 valence electrons. The summed E-state index contributed by atoms with van der Waals surface area (Å²) in [7, 11) is 0. The molecule has 0 fully saturated rings. The topological polar surface area (TPSA) is 45.9 Å². The number of para-hydroxylation sites is 1. The SMILES string of the molecule is CCCC(N)c1ccccc1[O]. The Hall–Kier alpha value is -1.02. The molecule has 0 aliphatic rings. The van der Waals surface area contributed by atoms with Crippen LogP contribution in [0.3, 0.4) is 0 Å². The molecule has 2 nitrogen and oxygen atoms in total. The Kier molecular flexibility index (Phi) is 3.11. The number of benzene rings is 1. The first-order valence-corrected chi connectivity index (χ1v) is 4.27. The summed E-state index contributed by atoms with van der Waals surface area (Å²) < 4.78 is 0. The lowest BCUT2D eigenvalue weighted by Crippen LogP contribution is -2.09. The first kappa shape index (κ1) is 9.07. The fourth-order valence-corrected chi connectivity index (χ4v) is 1.25. The maximum Gasteiger partial charge on any atom is 0.183 e. The number of rotatable bonds is 3. The average Bonchev–Trinajstić information content (AvgIpc) is 2.05. The zero-order valence-electron chi connectivity index (χ0n) is 7.29. The molecule has 0 heterocycles. The molecule has 12 heavy (non-hydrogen) atoms. The second kappa shape index (κ2) is 4.12. The van der Waals surface area contributed by atoms with Crippen molar-refractivity contribution >= 4 is 0 Å². The van der Waals surface area contributed by atoms with Gasteiger partial charge in [-0.3, -0.25) is 5.11 Å². The minimum atomic E-state index is -0.0938. The number of nitrogens with two attached hydrogens (primary N) is 1. The van der Waals surface area contributed by atoms with Crippen LogP contribution >= 0.6 is 0 Å². The summed E-state index contributed by atoms with van der Waals surface area (Å²) in [6.07, 6.45) is 1.88. The largest absolute Gasteiger partial charge is 0.324 e. The van der Waals surface area contributed by atoms with E-state index in [-0.39, 0.29) is 11.8 Å². The molecule has 1 atom stereocenters. The van der Waals surface area contributed by atoms with Gasteiger partial charge in [-0.1, -0.05) is 31.5 Å². The van der Waals surface area contributed by atoms with Gasteiger partial charge in [-0.25, -0.2) is 0 Å². The zero-order valence-corrected chi connectivity index (χ0v) is 7.29. The van der Waals surface area contributed by atoms with Gasteiger partial charge in [-0.05, 0) is 12.5 Å².